The number of hydrogen-bond donors (Lipinski definition) is 2. The van der Waals surface area contributed by atoms with Gasteiger partial charge < -0.3 is 20.1 Å². The summed E-state index contributed by atoms with van der Waals surface area (Å²) in [6, 6.07) is 0.658. The van der Waals surface area contributed by atoms with Crippen molar-refractivity contribution in [1.82, 2.24) is 10.2 Å². The van der Waals surface area contributed by atoms with E-state index in [4.69, 9.17) is 4.74 Å². The molecule has 0 aromatic carbocycles. The van der Waals surface area contributed by atoms with E-state index in [1.807, 2.05) is 0 Å². The molecule has 0 aromatic rings. The Morgan fingerprint density at radius 2 is 2.10 bits per heavy atom. The second-order valence-corrected chi connectivity index (χ2v) is 7.06. The third-order valence-corrected chi connectivity index (χ3v) is 5.05. The molecule has 1 saturated heterocycles. The molecular weight excluding hydrogens is 264 g/mol. The maximum Gasteiger partial charge on any atom is 0.0701 e. The van der Waals surface area contributed by atoms with Crippen molar-refractivity contribution in [3.05, 3.63) is 0 Å². The number of likely N-dealkylation sites (N-methyl/N-ethyl adjacent to an activating group) is 1. The lowest BCUT2D eigenvalue weighted by molar-refractivity contribution is -0.00204. The van der Waals surface area contributed by atoms with Crippen LogP contribution in [0.4, 0.5) is 0 Å². The van der Waals surface area contributed by atoms with Crippen LogP contribution in [0.3, 0.4) is 0 Å². The highest BCUT2D eigenvalue weighted by molar-refractivity contribution is 4.94. The first-order valence-electron chi connectivity index (χ1n) is 8.86. The van der Waals surface area contributed by atoms with Gasteiger partial charge in [0, 0.05) is 24.7 Å². The van der Waals surface area contributed by atoms with Gasteiger partial charge in [0.25, 0.3) is 0 Å². The summed E-state index contributed by atoms with van der Waals surface area (Å²) in [4.78, 5) is 2.39. The predicted molar refractivity (Wildman–Crippen MR) is 86.6 cm³/mol. The minimum absolute atomic E-state index is 0.0522. The van der Waals surface area contributed by atoms with Crippen molar-refractivity contribution in [2.24, 2.45) is 0 Å². The fourth-order valence-corrected chi connectivity index (χ4v) is 3.33. The van der Waals surface area contributed by atoms with Crippen LogP contribution in [0.5, 0.6) is 0 Å². The van der Waals surface area contributed by atoms with Gasteiger partial charge in [0.05, 0.1) is 12.7 Å². The summed E-state index contributed by atoms with van der Waals surface area (Å²) in [5.74, 6) is 0. The van der Waals surface area contributed by atoms with Crippen LogP contribution < -0.4 is 5.32 Å². The molecule has 124 valence electrons. The van der Waals surface area contributed by atoms with Crippen molar-refractivity contribution in [2.45, 2.75) is 76.0 Å². The van der Waals surface area contributed by atoms with E-state index in [0.29, 0.717) is 12.1 Å². The normalized spacial score (nSPS) is 26.0. The molecule has 21 heavy (non-hydrogen) atoms. The second kappa shape index (κ2) is 8.47. The van der Waals surface area contributed by atoms with Gasteiger partial charge in [-0.3, -0.25) is 0 Å². The first-order valence-corrected chi connectivity index (χ1v) is 8.86. The van der Waals surface area contributed by atoms with E-state index in [2.05, 4.69) is 24.2 Å². The second-order valence-electron chi connectivity index (χ2n) is 7.06. The van der Waals surface area contributed by atoms with Crippen molar-refractivity contribution in [3.8, 4) is 0 Å². The van der Waals surface area contributed by atoms with Gasteiger partial charge in [-0.2, -0.15) is 0 Å². The van der Waals surface area contributed by atoms with Gasteiger partial charge in [0.2, 0.25) is 0 Å². The number of nitrogens with one attached hydrogen (secondary N) is 1. The molecule has 1 aliphatic carbocycles. The minimum atomic E-state index is -0.0522. The van der Waals surface area contributed by atoms with Gasteiger partial charge in [-0.15, -0.1) is 0 Å². The van der Waals surface area contributed by atoms with Crippen LogP contribution in [0, 0.1) is 0 Å². The molecular formula is C17H34N2O2. The average Bonchev–Trinajstić information content (AvgIpc) is 3.31. The van der Waals surface area contributed by atoms with Crippen LogP contribution in [0.2, 0.25) is 0 Å². The fraction of sp³-hybridized carbons (Fsp3) is 1.00. The SMILES string of the molecule is CCC(CO)(CCCN(C)CC1CCCCO1)NC1CC1. The standard InChI is InChI=1S/C17H34N2O2/c1-3-17(14-20,18-15-8-9-15)10-6-11-19(2)13-16-7-4-5-12-21-16/h15-16,18,20H,3-14H2,1-2H3. The first kappa shape index (κ1) is 17.2. The van der Waals surface area contributed by atoms with Crippen molar-refractivity contribution in [3.63, 3.8) is 0 Å². The molecule has 4 nitrogen and oxygen atoms in total. The number of aliphatic hydroxyl groups is 1. The lowest BCUT2D eigenvalue weighted by Crippen LogP contribution is -2.49. The minimum Gasteiger partial charge on any atom is -0.394 e. The highest BCUT2D eigenvalue weighted by Crippen LogP contribution is 2.27. The summed E-state index contributed by atoms with van der Waals surface area (Å²) in [5, 5.41) is 13.4. The van der Waals surface area contributed by atoms with Crippen LogP contribution in [0.25, 0.3) is 0 Å². The van der Waals surface area contributed by atoms with Gasteiger partial charge in [-0.25, -0.2) is 0 Å². The summed E-state index contributed by atoms with van der Waals surface area (Å²) in [6.07, 6.45) is 9.95. The Labute approximate surface area is 130 Å². The predicted octanol–water partition coefficient (Wildman–Crippen LogP) is 2.16. The molecule has 0 spiro atoms. The van der Waals surface area contributed by atoms with Gasteiger partial charge in [-0.1, -0.05) is 6.92 Å². The quantitative estimate of drug-likeness (QED) is 0.649. The molecule has 2 unspecified atom stereocenters. The molecule has 2 aliphatic rings. The first-order chi connectivity index (χ1) is 10.2. The molecule has 0 radical (unpaired) electrons. The summed E-state index contributed by atoms with van der Waals surface area (Å²) in [5.41, 5.74) is -0.0522. The molecule has 4 heteroatoms. The molecule has 2 rings (SSSR count). The Hall–Kier alpha value is -0.160. The lowest BCUT2D eigenvalue weighted by atomic mass is 9.91. The van der Waals surface area contributed by atoms with E-state index < -0.39 is 0 Å². The van der Waals surface area contributed by atoms with Crippen molar-refractivity contribution in [1.29, 1.82) is 0 Å². The smallest absolute Gasteiger partial charge is 0.0701 e. The van der Waals surface area contributed by atoms with Gasteiger partial charge in [-0.05, 0) is 65.0 Å². The number of nitrogens with zero attached hydrogens (tertiary/aromatic N) is 1. The maximum atomic E-state index is 9.78. The number of hydrogen-bond acceptors (Lipinski definition) is 4. The molecule has 1 saturated carbocycles. The van der Waals surface area contributed by atoms with Crippen molar-refractivity contribution in [2.75, 3.05) is 33.4 Å². The van der Waals surface area contributed by atoms with Crippen LogP contribution in [0.15, 0.2) is 0 Å². The van der Waals surface area contributed by atoms with Crippen LogP contribution in [-0.2, 0) is 4.74 Å². The number of aliphatic hydroxyl groups excluding tert-OH is 1. The molecule has 0 amide bonds. The van der Waals surface area contributed by atoms with E-state index in [1.165, 1.54) is 32.1 Å². The number of rotatable bonds is 10. The Morgan fingerprint density at radius 1 is 1.29 bits per heavy atom. The Balaban J connectivity index is 1.65. The molecule has 2 N–H and O–H groups in total. The van der Waals surface area contributed by atoms with E-state index in [9.17, 15) is 5.11 Å². The van der Waals surface area contributed by atoms with Crippen LogP contribution in [-0.4, -0.2) is 61.0 Å². The topological polar surface area (TPSA) is 44.7 Å². The van der Waals surface area contributed by atoms with Gasteiger partial charge in [0.1, 0.15) is 0 Å². The molecule has 0 bridgehead atoms. The van der Waals surface area contributed by atoms with E-state index >= 15 is 0 Å². The zero-order valence-electron chi connectivity index (χ0n) is 13.9. The molecule has 0 aromatic heterocycles. The van der Waals surface area contributed by atoms with Gasteiger partial charge in [0.15, 0.2) is 0 Å². The highest BCUT2D eigenvalue weighted by atomic mass is 16.5. The summed E-state index contributed by atoms with van der Waals surface area (Å²) in [7, 11) is 2.19. The zero-order valence-corrected chi connectivity index (χ0v) is 13.9. The average molecular weight is 298 g/mol. The molecule has 2 atom stereocenters. The summed E-state index contributed by atoms with van der Waals surface area (Å²) >= 11 is 0. The number of ether oxygens (including phenoxy) is 1. The maximum absolute atomic E-state index is 9.78. The fourth-order valence-electron chi connectivity index (χ4n) is 3.33. The lowest BCUT2D eigenvalue weighted by Gasteiger charge is -2.33. The summed E-state index contributed by atoms with van der Waals surface area (Å²) < 4.78 is 5.81. The molecule has 1 heterocycles. The van der Waals surface area contributed by atoms with Crippen molar-refractivity contribution < 1.29 is 9.84 Å². The monoisotopic (exact) mass is 298 g/mol. The van der Waals surface area contributed by atoms with Crippen molar-refractivity contribution >= 4 is 0 Å². The Kier molecular flexibility index (Phi) is 6.93. The van der Waals surface area contributed by atoms with Crippen LogP contribution in [0.1, 0.15) is 58.3 Å². The third kappa shape index (κ3) is 5.85. The Morgan fingerprint density at radius 3 is 2.67 bits per heavy atom. The molecule has 1 aliphatic heterocycles. The van der Waals surface area contributed by atoms with E-state index in [0.717, 1.165) is 39.0 Å². The molecule has 2 fully saturated rings. The van der Waals surface area contributed by atoms with E-state index in [-0.39, 0.29) is 12.1 Å². The largest absolute Gasteiger partial charge is 0.394 e. The summed E-state index contributed by atoms with van der Waals surface area (Å²) in [6.45, 7) is 5.52. The van der Waals surface area contributed by atoms with Gasteiger partial charge >= 0.3 is 0 Å². The third-order valence-electron chi connectivity index (χ3n) is 5.05. The Bertz CT molecular complexity index is 285. The van der Waals surface area contributed by atoms with Crippen LogP contribution >= 0.6 is 0 Å². The van der Waals surface area contributed by atoms with E-state index in [1.54, 1.807) is 0 Å². The zero-order chi connectivity index (χ0) is 15.1. The highest BCUT2D eigenvalue weighted by Gasteiger charge is 2.34.